The lowest BCUT2D eigenvalue weighted by Crippen LogP contribution is -2.50. The van der Waals surface area contributed by atoms with E-state index in [9.17, 15) is 14.4 Å². The summed E-state index contributed by atoms with van der Waals surface area (Å²) in [6, 6.07) is 0. The van der Waals surface area contributed by atoms with Crippen LogP contribution >= 0.6 is 0 Å². The van der Waals surface area contributed by atoms with Gasteiger partial charge in [0.25, 0.3) is 0 Å². The van der Waals surface area contributed by atoms with Crippen LogP contribution in [0.25, 0.3) is 0 Å². The molecular formula is C20H34N4O3. The van der Waals surface area contributed by atoms with Crippen molar-refractivity contribution in [3.63, 3.8) is 0 Å². The highest BCUT2D eigenvalue weighted by atomic mass is 16.2. The van der Waals surface area contributed by atoms with Crippen molar-refractivity contribution < 1.29 is 14.4 Å². The second kappa shape index (κ2) is 8.17. The average molecular weight is 379 g/mol. The van der Waals surface area contributed by atoms with Crippen LogP contribution in [0.3, 0.4) is 0 Å². The highest BCUT2D eigenvalue weighted by Gasteiger charge is 2.46. The molecule has 0 aromatic rings. The number of hydrogen-bond donors (Lipinski definition) is 1. The first-order valence-electron chi connectivity index (χ1n) is 10.4. The summed E-state index contributed by atoms with van der Waals surface area (Å²) in [5, 5.41) is 0. The van der Waals surface area contributed by atoms with E-state index in [0.717, 1.165) is 58.4 Å². The highest BCUT2D eigenvalue weighted by molar-refractivity contribution is 5.81. The second-order valence-electron chi connectivity index (χ2n) is 9.21. The molecule has 3 saturated heterocycles. The molecule has 2 N–H and O–H groups in total. The molecule has 3 rings (SSSR count). The Morgan fingerprint density at radius 1 is 1.22 bits per heavy atom. The van der Waals surface area contributed by atoms with E-state index in [0.29, 0.717) is 18.9 Å². The fourth-order valence-electron chi connectivity index (χ4n) is 5.00. The van der Waals surface area contributed by atoms with Crippen LogP contribution in [-0.2, 0) is 14.4 Å². The summed E-state index contributed by atoms with van der Waals surface area (Å²) < 4.78 is 0. The van der Waals surface area contributed by atoms with Gasteiger partial charge >= 0.3 is 0 Å². The molecule has 7 heteroatoms. The van der Waals surface area contributed by atoms with Crippen molar-refractivity contribution in [3.8, 4) is 0 Å². The van der Waals surface area contributed by atoms with Crippen molar-refractivity contribution in [1.29, 1.82) is 0 Å². The van der Waals surface area contributed by atoms with Crippen LogP contribution in [0.15, 0.2) is 0 Å². The van der Waals surface area contributed by atoms with E-state index in [1.807, 2.05) is 14.7 Å². The lowest BCUT2D eigenvalue weighted by molar-refractivity contribution is -0.140. The molecule has 7 nitrogen and oxygen atoms in total. The van der Waals surface area contributed by atoms with Gasteiger partial charge in [-0.2, -0.15) is 0 Å². The van der Waals surface area contributed by atoms with Gasteiger partial charge in [-0.05, 0) is 38.1 Å². The lowest BCUT2D eigenvalue weighted by Gasteiger charge is -2.41. The summed E-state index contributed by atoms with van der Waals surface area (Å²) in [4.78, 5) is 42.5. The van der Waals surface area contributed by atoms with Gasteiger partial charge in [-0.3, -0.25) is 19.3 Å². The van der Waals surface area contributed by atoms with E-state index in [1.165, 1.54) is 0 Å². The molecule has 1 atom stereocenters. The van der Waals surface area contributed by atoms with Crippen LogP contribution in [0.4, 0.5) is 0 Å². The van der Waals surface area contributed by atoms with Crippen LogP contribution < -0.4 is 5.73 Å². The monoisotopic (exact) mass is 378 g/mol. The molecule has 0 saturated carbocycles. The molecule has 3 fully saturated rings. The smallest absolute Gasteiger partial charge is 0.231 e. The molecule has 0 aromatic carbocycles. The number of nitrogens with zero attached hydrogens (tertiary/aromatic N) is 3. The van der Waals surface area contributed by atoms with Gasteiger partial charge in [0.15, 0.2) is 0 Å². The standard InChI is InChI=1S/C20H34N4O3/c1-15(2)11-24-14-20(10-18(24)26)5-8-23(9-6-20)19(27)16-4-3-7-22(12-16)13-17(21)25/h15-16H,3-14H2,1-2H3,(H2,21,25). The molecule has 3 amide bonds. The number of rotatable bonds is 5. The molecule has 0 aliphatic carbocycles. The second-order valence-corrected chi connectivity index (χ2v) is 9.21. The molecule has 0 bridgehead atoms. The van der Waals surface area contributed by atoms with Crippen LogP contribution in [0.2, 0.25) is 0 Å². The van der Waals surface area contributed by atoms with Crippen molar-refractivity contribution in [3.05, 3.63) is 0 Å². The first kappa shape index (κ1) is 20.1. The molecule has 1 spiro atoms. The quantitative estimate of drug-likeness (QED) is 0.762. The van der Waals surface area contributed by atoms with Gasteiger partial charge in [0, 0.05) is 44.6 Å². The van der Waals surface area contributed by atoms with Gasteiger partial charge in [-0.1, -0.05) is 13.8 Å². The summed E-state index contributed by atoms with van der Waals surface area (Å²) in [6.45, 7) is 9.16. The first-order valence-corrected chi connectivity index (χ1v) is 10.4. The number of piperidine rings is 2. The fraction of sp³-hybridized carbons (Fsp3) is 0.850. The predicted molar refractivity (Wildman–Crippen MR) is 103 cm³/mol. The zero-order valence-electron chi connectivity index (χ0n) is 16.8. The van der Waals surface area contributed by atoms with Crippen molar-refractivity contribution in [1.82, 2.24) is 14.7 Å². The maximum absolute atomic E-state index is 13.0. The van der Waals surface area contributed by atoms with Crippen LogP contribution in [0.1, 0.15) is 46.0 Å². The van der Waals surface area contributed by atoms with E-state index >= 15 is 0 Å². The Kier molecular flexibility index (Phi) is 6.08. The molecule has 3 aliphatic rings. The van der Waals surface area contributed by atoms with E-state index < -0.39 is 0 Å². The Labute approximate surface area is 162 Å². The summed E-state index contributed by atoms with van der Waals surface area (Å²) in [7, 11) is 0. The molecule has 1 unspecified atom stereocenters. The summed E-state index contributed by atoms with van der Waals surface area (Å²) in [5.41, 5.74) is 5.36. The Balaban J connectivity index is 1.52. The van der Waals surface area contributed by atoms with Gasteiger partial charge in [0.2, 0.25) is 17.7 Å². The first-order chi connectivity index (χ1) is 12.8. The number of carbonyl (C=O) groups is 3. The molecule has 0 radical (unpaired) electrons. The average Bonchev–Trinajstić information content (AvgIpc) is 2.89. The molecule has 0 aromatic heterocycles. The third kappa shape index (κ3) is 4.81. The molecule has 152 valence electrons. The number of primary amides is 1. The summed E-state index contributed by atoms with van der Waals surface area (Å²) >= 11 is 0. The van der Waals surface area contributed by atoms with Gasteiger partial charge in [-0.25, -0.2) is 0 Å². The van der Waals surface area contributed by atoms with Crippen molar-refractivity contribution in [2.45, 2.75) is 46.0 Å². The minimum atomic E-state index is -0.333. The Hall–Kier alpha value is -1.63. The highest BCUT2D eigenvalue weighted by Crippen LogP contribution is 2.41. The Morgan fingerprint density at radius 3 is 2.56 bits per heavy atom. The SMILES string of the molecule is CC(C)CN1CC2(CCN(C(=O)C3CCCN(CC(N)=O)C3)CC2)CC1=O. The Bertz CT molecular complexity index is 584. The maximum atomic E-state index is 13.0. The van der Waals surface area contributed by atoms with E-state index in [2.05, 4.69) is 13.8 Å². The summed E-state index contributed by atoms with van der Waals surface area (Å²) in [6.07, 6.45) is 4.28. The van der Waals surface area contributed by atoms with E-state index in [-0.39, 0.29) is 35.6 Å². The normalized spacial score (nSPS) is 26.2. The number of carbonyl (C=O) groups excluding carboxylic acids is 3. The number of hydrogen-bond acceptors (Lipinski definition) is 4. The van der Waals surface area contributed by atoms with E-state index in [4.69, 9.17) is 5.73 Å². The lowest BCUT2D eigenvalue weighted by atomic mass is 9.77. The molecular weight excluding hydrogens is 344 g/mol. The maximum Gasteiger partial charge on any atom is 0.231 e. The van der Waals surface area contributed by atoms with Gasteiger partial charge < -0.3 is 15.5 Å². The third-order valence-electron chi connectivity index (χ3n) is 6.36. The minimum absolute atomic E-state index is 0.0326. The van der Waals surface area contributed by atoms with E-state index in [1.54, 1.807) is 0 Å². The van der Waals surface area contributed by atoms with Crippen molar-refractivity contribution in [2.24, 2.45) is 23.0 Å². The topological polar surface area (TPSA) is 86.9 Å². The van der Waals surface area contributed by atoms with Crippen molar-refractivity contribution >= 4 is 17.7 Å². The van der Waals surface area contributed by atoms with Crippen LogP contribution in [-0.4, -0.2) is 78.2 Å². The minimum Gasteiger partial charge on any atom is -0.369 e. The van der Waals surface area contributed by atoms with Crippen molar-refractivity contribution in [2.75, 3.05) is 45.8 Å². The fourth-order valence-corrected chi connectivity index (χ4v) is 5.00. The Morgan fingerprint density at radius 2 is 1.93 bits per heavy atom. The zero-order valence-corrected chi connectivity index (χ0v) is 16.8. The summed E-state index contributed by atoms with van der Waals surface area (Å²) in [5.74, 6) is 0.607. The van der Waals surface area contributed by atoms with Crippen LogP contribution in [0.5, 0.6) is 0 Å². The number of amides is 3. The van der Waals surface area contributed by atoms with Crippen LogP contribution in [0, 0.1) is 17.3 Å². The number of likely N-dealkylation sites (tertiary alicyclic amines) is 3. The zero-order chi connectivity index (χ0) is 19.6. The third-order valence-corrected chi connectivity index (χ3v) is 6.36. The number of nitrogens with two attached hydrogens (primary N) is 1. The molecule has 27 heavy (non-hydrogen) atoms. The predicted octanol–water partition coefficient (Wildman–Crippen LogP) is 0.681. The van der Waals surface area contributed by atoms with Gasteiger partial charge in [0.1, 0.15) is 0 Å². The molecule has 3 heterocycles. The van der Waals surface area contributed by atoms with Gasteiger partial charge in [0.05, 0.1) is 12.5 Å². The molecule has 3 aliphatic heterocycles. The van der Waals surface area contributed by atoms with Gasteiger partial charge in [-0.15, -0.1) is 0 Å². The largest absolute Gasteiger partial charge is 0.369 e.